The summed E-state index contributed by atoms with van der Waals surface area (Å²) in [4.78, 5) is 5.64. The Morgan fingerprint density at radius 1 is 1.07 bits per heavy atom. The predicted molar refractivity (Wildman–Crippen MR) is 126 cm³/mol. The van der Waals surface area contributed by atoms with Crippen LogP contribution in [0.15, 0.2) is 71.2 Å². The van der Waals surface area contributed by atoms with Gasteiger partial charge in [0.15, 0.2) is 0 Å². The molecule has 0 unspecified atom stereocenters. The third-order valence-electron chi connectivity index (χ3n) is 4.97. The maximum Gasteiger partial charge on any atom is 0.142 e. The van der Waals surface area contributed by atoms with Gasteiger partial charge in [-0.2, -0.15) is 0 Å². The average molecular weight is 430 g/mol. The molecule has 29 heavy (non-hydrogen) atoms. The molecule has 0 atom stereocenters. The fraction of sp³-hybridized carbons (Fsp3) is 0.304. The SMILES string of the molecule is C=C(S/C(Cl)=C(\N)CN1CCCN(c2ccccc2OC)CC1)c1ccccc1. The van der Waals surface area contributed by atoms with Crippen LogP contribution in [0.25, 0.3) is 4.91 Å². The molecular weight excluding hydrogens is 402 g/mol. The summed E-state index contributed by atoms with van der Waals surface area (Å²) in [6.45, 7) is 8.62. The van der Waals surface area contributed by atoms with Gasteiger partial charge in [-0.05, 0) is 24.1 Å². The molecule has 1 fully saturated rings. The van der Waals surface area contributed by atoms with Gasteiger partial charge in [0.05, 0.1) is 17.2 Å². The van der Waals surface area contributed by atoms with Crippen molar-refractivity contribution in [1.82, 2.24) is 4.90 Å². The van der Waals surface area contributed by atoms with Gasteiger partial charge >= 0.3 is 0 Å². The third-order valence-corrected chi connectivity index (χ3v) is 6.37. The zero-order valence-electron chi connectivity index (χ0n) is 16.8. The second-order valence-corrected chi connectivity index (χ2v) is 8.69. The zero-order valence-corrected chi connectivity index (χ0v) is 18.4. The molecule has 2 aromatic carbocycles. The number of rotatable bonds is 7. The Morgan fingerprint density at radius 3 is 2.55 bits per heavy atom. The molecule has 2 aromatic rings. The molecule has 1 saturated heterocycles. The molecule has 6 heteroatoms. The Hall–Kier alpha value is -2.08. The highest BCUT2D eigenvalue weighted by molar-refractivity contribution is 8.13. The minimum absolute atomic E-state index is 0.602. The van der Waals surface area contributed by atoms with Crippen LogP contribution >= 0.6 is 23.4 Å². The monoisotopic (exact) mass is 429 g/mol. The van der Waals surface area contributed by atoms with E-state index in [-0.39, 0.29) is 0 Å². The minimum Gasteiger partial charge on any atom is -0.495 e. The zero-order chi connectivity index (χ0) is 20.6. The van der Waals surface area contributed by atoms with Crippen molar-refractivity contribution in [2.45, 2.75) is 6.42 Å². The highest BCUT2D eigenvalue weighted by Crippen LogP contribution is 2.35. The van der Waals surface area contributed by atoms with Crippen LogP contribution in [-0.4, -0.2) is 44.7 Å². The maximum absolute atomic E-state index is 6.50. The highest BCUT2D eigenvalue weighted by atomic mass is 35.5. The van der Waals surface area contributed by atoms with Gasteiger partial charge in [-0.25, -0.2) is 0 Å². The summed E-state index contributed by atoms with van der Waals surface area (Å²) in [7, 11) is 1.72. The normalized spacial score (nSPS) is 16.1. The van der Waals surface area contributed by atoms with E-state index in [1.165, 1.54) is 11.8 Å². The first-order valence-electron chi connectivity index (χ1n) is 9.75. The molecule has 0 radical (unpaired) electrons. The molecule has 0 aliphatic carbocycles. The quantitative estimate of drug-likeness (QED) is 0.672. The molecule has 154 valence electrons. The number of nitrogens with two attached hydrogens (primary N) is 1. The molecule has 0 spiro atoms. The lowest BCUT2D eigenvalue weighted by Crippen LogP contribution is -2.33. The molecule has 0 amide bonds. The van der Waals surface area contributed by atoms with Crippen molar-refractivity contribution < 1.29 is 4.74 Å². The van der Waals surface area contributed by atoms with Crippen molar-refractivity contribution in [3.05, 3.63) is 76.8 Å². The van der Waals surface area contributed by atoms with E-state index >= 15 is 0 Å². The summed E-state index contributed by atoms with van der Waals surface area (Å²) in [5.41, 5.74) is 9.23. The number of hydrogen-bond donors (Lipinski definition) is 1. The predicted octanol–water partition coefficient (Wildman–Crippen LogP) is 4.98. The Labute approximate surface area is 183 Å². The summed E-state index contributed by atoms with van der Waals surface area (Å²) < 4.78 is 6.13. The molecule has 1 aliphatic rings. The fourth-order valence-corrected chi connectivity index (χ4v) is 4.43. The van der Waals surface area contributed by atoms with Gasteiger partial charge < -0.3 is 15.4 Å². The molecule has 1 aliphatic heterocycles. The van der Waals surface area contributed by atoms with Gasteiger partial charge in [0.25, 0.3) is 0 Å². The summed E-state index contributed by atoms with van der Waals surface area (Å²) in [6.07, 6.45) is 1.06. The number of anilines is 1. The number of ether oxygens (including phenoxy) is 1. The van der Waals surface area contributed by atoms with Crippen molar-refractivity contribution in [2.75, 3.05) is 44.7 Å². The van der Waals surface area contributed by atoms with Crippen molar-refractivity contribution in [1.29, 1.82) is 0 Å². The molecule has 0 bridgehead atoms. The van der Waals surface area contributed by atoms with E-state index in [0.717, 1.165) is 54.5 Å². The van der Waals surface area contributed by atoms with Crippen molar-refractivity contribution in [2.24, 2.45) is 5.73 Å². The van der Waals surface area contributed by atoms with Gasteiger partial charge in [-0.15, -0.1) is 0 Å². The molecule has 1 heterocycles. The number of methoxy groups -OCH3 is 1. The Balaban J connectivity index is 1.59. The Kier molecular flexibility index (Phi) is 7.92. The highest BCUT2D eigenvalue weighted by Gasteiger charge is 2.18. The number of benzene rings is 2. The van der Waals surface area contributed by atoms with Gasteiger partial charge in [0, 0.05) is 43.3 Å². The molecule has 3 rings (SSSR count). The minimum atomic E-state index is 0.602. The second kappa shape index (κ2) is 10.6. The summed E-state index contributed by atoms with van der Waals surface area (Å²) in [5.74, 6) is 0.916. The summed E-state index contributed by atoms with van der Waals surface area (Å²) in [5, 5.41) is 0. The standard InChI is InChI=1S/C23H28ClN3OS/c1-18(19-9-4-3-5-10-19)29-23(24)20(25)17-26-13-8-14-27(16-15-26)21-11-6-7-12-22(21)28-2/h3-7,9-12H,1,8,13-17,25H2,2H3/b23-20-. The molecule has 0 aromatic heterocycles. The van der Waals surface area contributed by atoms with Gasteiger partial charge in [0.2, 0.25) is 0 Å². The first-order valence-corrected chi connectivity index (χ1v) is 10.9. The number of nitrogens with zero attached hydrogens (tertiary/aromatic N) is 2. The van der Waals surface area contributed by atoms with Crippen molar-refractivity contribution in [3.8, 4) is 5.75 Å². The van der Waals surface area contributed by atoms with Crippen molar-refractivity contribution in [3.63, 3.8) is 0 Å². The van der Waals surface area contributed by atoms with Crippen LogP contribution in [-0.2, 0) is 0 Å². The van der Waals surface area contributed by atoms with E-state index in [0.29, 0.717) is 16.6 Å². The van der Waals surface area contributed by atoms with Gasteiger partial charge in [0.1, 0.15) is 5.75 Å². The number of halogens is 1. The van der Waals surface area contributed by atoms with E-state index in [2.05, 4.69) is 28.5 Å². The summed E-state index contributed by atoms with van der Waals surface area (Å²) in [6, 6.07) is 18.2. The van der Waals surface area contributed by atoms with Crippen LogP contribution in [0.5, 0.6) is 5.75 Å². The van der Waals surface area contributed by atoms with E-state index < -0.39 is 0 Å². The molecule has 0 saturated carbocycles. The smallest absolute Gasteiger partial charge is 0.142 e. The van der Waals surface area contributed by atoms with Crippen molar-refractivity contribution >= 4 is 34.0 Å². The Bertz CT molecular complexity index is 856. The lowest BCUT2D eigenvalue weighted by atomic mass is 10.2. The van der Waals surface area contributed by atoms with Crippen LogP contribution in [0.2, 0.25) is 0 Å². The van der Waals surface area contributed by atoms with E-state index in [1.54, 1.807) is 7.11 Å². The largest absolute Gasteiger partial charge is 0.495 e. The first-order chi connectivity index (χ1) is 14.1. The molecular formula is C23H28ClN3OS. The fourth-order valence-electron chi connectivity index (χ4n) is 3.42. The van der Waals surface area contributed by atoms with Crippen LogP contribution < -0.4 is 15.4 Å². The first kappa shape index (κ1) is 21.6. The average Bonchev–Trinajstić information content (AvgIpc) is 2.99. The van der Waals surface area contributed by atoms with Crippen LogP contribution in [0, 0.1) is 0 Å². The topological polar surface area (TPSA) is 41.7 Å². The van der Waals surface area contributed by atoms with Gasteiger partial charge in [-0.1, -0.05) is 72.4 Å². The van der Waals surface area contributed by atoms with E-state index in [1.807, 2.05) is 42.5 Å². The van der Waals surface area contributed by atoms with Crippen LogP contribution in [0.3, 0.4) is 0 Å². The second-order valence-electron chi connectivity index (χ2n) is 6.98. The third kappa shape index (κ3) is 5.95. The number of para-hydroxylation sites is 2. The van der Waals surface area contributed by atoms with Crippen LogP contribution in [0.1, 0.15) is 12.0 Å². The number of hydrogen-bond acceptors (Lipinski definition) is 5. The summed E-state index contributed by atoms with van der Waals surface area (Å²) >= 11 is 7.93. The maximum atomic E-state index is 6.50. The lowest BCUT2D eigenvalue weighted by molar-refractivity contribution is 0.317. The molecule has 4 nitrogen and oxygen atoms in total. The van der Waals surface area contributed by atoms with Crippen LogP contribution in [0.4, 0.5) is 5.69 Å². The Morgan fingerprint density at radius 2 is 1.79 bits per heavy atom. The number of thioether (sulfide) groups is 1. The van der Waals surface area contributed by atoms with E-state index in [4.69, 9.17) is 22.1 Å². The van der Waals surface area contributed by atoms with Gasteiger partial charge in [-0.3, -0.25) is 4.90 Å². The lowest BCUT2D eigenvalue weighted by Gasteiger charge is -2.25. The molecule has 2 N–H and O–H groups in total. The van der Waals surface area contributed by atoms with E-state index in [9.17, 15) is 0 Å².